The Morgan fingerprint density at radius 2 is 0.929 bits per heavy atom. The van der Waals surface area contributed by atoms with E-state index in [2.05, 4.69) is 169 Å². The zero-order chi connectivity index (χ0) is 37.0. The van der Waals surface area contributed by atoms with Crippen LogP contribution in [0.2, 0.25) is 0 Å². The van der Waals surface area contributed by atoms with E-state index in [0.29, 0.717) is 0 Å². The Morgan fingerprint density at radius 1 is 0.339 bits per heavy atom. The van der Waals surface area contributed by atoms with Crippen molar-refractivity contribution in [1.82, 2.24) is 9.97 Å². The van der Waals surface area contributed by atoms with Gasteiger partial charge in [0.2, 0.25) is 0 Å². The zero-order valence-electron chi connectivity index (χ0n) is 30.3. The number of furan rings is 1. The molecule has 2 aromatic heterocycles. The molecule has 0 saturated carbocycles. The summed E-state index contributed by atoms with van der Waals surface area (Å²) in [7, 11) is 0. The highest BCUT2D eigenvalue weighted by molar-refractivity contribution is 6.07. The molecule has 0 radical (unpaired) electrons. The van der Waals surface area contributed by atoms with Gasteiger partial charge < -0.3 is 9.32 Å². The van der Waals surface area contributed by atoms with Crippen LogP contribution in [0.4, 0.5) is 17.1 Å². The van der Waals surface area contributed by atoms with Crippen LogP contribution in [0.1, 0.15) is 0 Å². The molecule has 56 heavy (non-hydrogen) atoms. The number of fused-ring (bicyclic) bond motifs is 7. The van der Waals surface area contributed by atoms with Crippen LogP contribution < -0.4 is 4.90 Å². The Morgan fingerprint density at radius 3 is 1.73 bits per heavy atom. The lowest BCUT2D eigenvalue weighted by molar-refractivity contribution is 0.669. The molecule has 0 N–H and O–H groups in total. The van der Waals surface area contributed by atoms with E-state index in [0.717, 1.165) is 94.4 Å². The van der Waals surface area contributed by atoms with Crippen LogP contribution in [0.15, 0.2) is 205 Å². The third-order valence-electron chi connectivity index (χ3n) is 10.8. The predicted molar refractivity (Wildman–Crippen MR) is 233 cm³/mol. The van der Waals surface area contributed by atoms with Crippen molar-refractivity contribution in [2.75, 3.05) is 4.90 Å². The van der Waals surface area contributed by atoms with Crippen LogP contribution in [-0.2, 0) is 0 Å². The summed E-state index contributed by atoms with van der Waals surface area (Å²) in [6, 6.07) is 70.3. The minimum atomic E-state index is 0.867. The lowest BCUT2D eigenvalue weighted by Crippen LogP contribution is -2.09. The summed E-state index contributed by atoms with van der Waals surface area (Å²) in [6.45, 7) is 0. The number of para-hydroxylation sites is 1. The molecule has 0 spiro atoms. The van der Waals surface area contributed by atoms with Gasteiger partial charge in [0.15, 0.2) is 0 Å². The maximum absolute atomic E-state index is 6.34. The molecule has 262 valence electrons. The first kappa shape index (κ1) is 31.9. The van der Waals surface area contributed by atoms with E-state index in [-0.39, 0.29) is 0 Å². The third kappa shape index (κ3) is 5.47. The molecule has 0 aliphatic carbocycles. The molecule has 2 heterocycles. The number of benzene rings is 9. The molecular formula is C52H33N3O. The van der Waals surface area contributed by atoms with Crippen molar-refractivity contribution >= 4 is 71.6 Å². The smallest absolute Gasteiger partial charge is 0.137 e. The molecule has 9 aromatic carbocycles. The largest absolute Gasteiger partial charge is 0.456 e. The van der Waals surface area contributed by atoms with Gasteiger partial charge in [-0.25, -0.2) is 9.97 Å². The van der Waals surface area contributed by atoms with Crippen molar-refractivity contribution in [3.63, 3.8) is 0 Å². The molecule has 0 aliphatic heterocycles. The van der Waals surface area contributed by atoms with E-state index >= 15 is 0 Å². The lowest BCUT2D eigenvalue weighted by atomic mass is 9.99. The van der Waals surface area contributed by atoms with Gasteiger partial charge in [0, 0.05) is 50.4 Å². The van der Waals surface area contributed by atoms with E-state index in [1.165, 1.54) is 10.8 Å². The average molecular weight is 716 g/mol. The molecule has 0 unspecified atom stereocenters. The van der Waals surface area contributed by atoms with E-state index in [4.69, 9.17) is 14.4 Å². The first-order chi connectivity index (χ1) is 27.7. The Bertz CT molecular complexity index is 3240. The molecule has 0 aliphatic rings. The van der Waals surface area contributed by atoms with Crippen molar-refractivity contribution in [3.05, 3.63) is 200 Å². The van der Waals surface area contributed by atoms with Gasteiger partial charge in [0.25, 0.3) is 0 Å². The molecule has 0 amide bonds. The minimum Gasteiger partial charge on any atom is -0.456 e. The summed E-state index contributed by atoms with van der Waals surface area (Å²) in [5.74, 6) is 0. The molecule has 11 rings (SSSR count). The lowest BCUT2D eigenvalue weighted by Gasteiger charge is -2.26. The molecule has 11 aromatic rings. The Labute approximate surface area is 323 Å². The van der Waals surface area contributed by atoms with Crippen LogP contribution >= 0.6 is 0 Å². The summed E-state index contributed by atoms with van der Waals surface area (Å²) in [6.07, 6.45) is 0. The summed E-state index contributed by atoms with van der Waals surface area (Å²) in [4.78, 5) is 12.8. The van der Waals surface area contributed by atoms with Gasteiger partial charge in [0.1, 0.15) is 11.2 Å². The number of aromatic nitrogens is 2. The molecule has 0 fully saturated rings. The number of hydrogen-bond acceptors (Lipinski definition) is 4. The van der Waals surface area contributed by atoms with Crippen LogP contribution in [0.3, 0.4) is 0 Å². The van der Waals surface area contributed by atoms with Crippen molar-refractivity contribution in [2.45, 2.75) is 0 Å². The fraction of sp³-hybridized carbons (Fsp3) is 0. The fourth-order valence-corrected chi connectivity index (χ4v) is 8.04. The van der Waals surface area contributed by atoms with Gasteiger partial charge in [-0.1, -0.05) is 140 Å². The van der Waals surface area contributed by atoms with E-state index < -0.39 is 0 Å². The Kier molecular flexibility index (Phi) is 7.46. The second-order valence-electron chi connectivity index (χ2n) is 14.2. The van der Waals surface area contributed by atoms with Crippen molar-refractivity contribution < 1.29 is 4.42 Å². The average Bonchev–Trinajstić information content (AvgIpc) is 3.64. The van der Waals surface area contributed by atoms with Gasteiger partial charge in [0.05, 0.1) is 22.4 Å². The Balaban J connectivity index is 0.996. The fourth-order valence-electron chi connectivity index (χ4n) is 8.04. The van der Waals surface area contributed by atoms with Gasteiger partial charge >= 0.3 is 0 Å². The summed E-state index contributed by atoms with van der Waals surface area (Å²) >= 11 is 0. The molecular weight excluding hydrogens is 683 g/mol. The summed E-state index contributed by atoms with van der Waals surface area (Å²) in [5, 5.41) is 6.84. The Hall–Kier alpha value is -7.56. The highest BCUT2D eigenvalue weighted by Gasteiger charge is 2.18. The van der Waals surface area contributed by atoms with Crippen molar-refractivity contribution in [2.24, 2.45) is 0 Å². The summed E-state index contributed by atoms with van der Waals surface area (Å²) < 4.78 is 6.34. The quantitative estimate of drug-likeness (QED) is 0.161. The highest BCUT2D eigenvalue weighted by atomic mass is 16.3. The number of nitrogens with zero attached hydrogens (tertiary/aromatic N) is 3. The van der Waals surface area contributed by atoms with Gasteiger partial charge in [-0.2, -0.15) is 0 Å². The van der Waals surface area contributed by atoms with Crippen LogP contribution in [0, 0.1) is 0 Å². The monoisotopic (exact) mass is 715 g/mol. The molecule has 0 bridgehead atoms. The molecule has 4 heteroatoms. The number of anilines is 3. The summed E-state index contributed by atoms with van der Waals surface area (Å²) in [5.41, 5.74) is 12.8. The maximum Gasteiger partial charge on any atom is 0.137 e. The first-order valence-corrected chi connectivity index (χ1v) is 18.9. The predicted octanol–water partition coefficient (Wildman–Crippen LogP) is 14.3. The molecule has 0 saturated heterocycles. The third-order valence-corrected chi connectivity index (χ3v) is 10.8. The maximum atomic E-state index is 6.34. The standard InChI is InChI=1S/C52H33N3O/c1-3-12-36(13-4-1)50-51(37-14-5-2-6-15-37)54-52-44-28-22-39(31-40(44)23-30-47(52)53-50)35-19-24-41(25-20-35)55(42-26-21-34-11-7-8-16-38(34)32-42)43-27-29-46-45-17-9-10-18-48(45)56-49(46)33-43/h1-33H. The highest BCUT2D eigenvalue weighted by Crippen LogP contribution is 2.41. The van der Waals surface area contributed by atoms with Gasteiger partial charge in [-0.05, 0) is 81.9 Å². The first-order valence-electron chi connectivity index (χ1n) is 18.9. The van der Waals surface area contributed by atoms with E-state index in [9.17, 15) is 0 Å². The zero-order valence-corrected chi connectivity index (χ0v) is 30.3. The molecule has 0 atom stereocenters. The minimum absolute atomic E-state index is 0.867. The second-order valence-corrected chi connectivity index (χ2v) is 14.2. The van der Waals surface area contributed by atoms with Gasteiger partial charge in [-0.3, -0.25) is 0 Å². The topological polar surface area (TPSA) is 42.2 Å². The van der Waals surface area contributed by atoms with Gasteiger partial charge in [-0.15, -0.1) is 0 Å². The van der Waals surface area contributed by atoms with Crippen LogP contribution in [0.25, 0.3) is 88.2 Å². The second kappa shape index (κ2) is 13.1. The normalized spacial score (nSPS) is 11.6. The van der Waals surface area contributed by atoms with E-state index in [1.54, 1.807) is 0 Å². The van der Waals surface area contributed by atoms with E-state index in [1.807, 2.05) is 36.4 Å². The van der Waals surface area contributed by atoms with Crippen LogP contribution in [0.5, 0.6) is 0 Å². The number of hydrogen-bond donors (Lipinski definition) is 0. The van der Waals surface area contributed by atoms with Crippen LogP contribution in [-0.4, -0.2) is 9.97 Å². The van der Waals surface area contributed by atoms with Crippen molar-refractivity contribution in [3.8, 4) is 33.6 Å². The number of rotatable bonds is 6. The SMILES string of the molecule is c1ccc(-c2nc3ccc4cc(-c5ccc(N(c6ccc7ccccc7c6)c6ccc7c(c6)oc6ccccc67)cc5)ccc4c3nc2-c2ccccc2)cc1. The molecule has 4 nitrogen and oxygen atoms in total. The van der Waals surface area contributed by atoms with Crippen molar-refractivity contribution in [1.29, 1.82) is 0 Å².